The summed E-state index contributed by atoms with van der Waals surface area (Å²) >= 11 is 0. The molecule has 1 aromatic carbocycles. The van der Waals surface area contributed by atoms with Crippen molar-refractivity contribution in [2.75, 3.05) is 26.3 Å². The number of ether oxygens (including phenoxy) is 1. The summed E-state index contributed by atoms with van der Waals surface area (Å²) < 4.78 is 44.7. The lowest BCUT2D eigenvalue weighted by Crippen LogP contribution is -2.44. The Morgan fingerprint density at radius 3 is 2.62 bits per heavy atom. The van der Waals surface area contributed by atoms with Crippen LogP contribution in [0.4, 0.5) is 13.2 Å². The molecule has 2 saturated heterocycles. The van der Waals surface area contributed by atoms with Crippen LogP contribution in [0.3, 0.4) is 0 Å². The normalized spacial score (nSPS) is 22.4. The summed E-state index contributed by atoms with van der Waals surface area (Å²) in [7, 11) is 0. The summed E-state index contributed by atoms with van der Waals surface area (Å²) in [5.41, 5.74) is -0.182. The largest absolute Gasteiger partial charge is 0.416 e. The molecule has 0 N–H and O–H groups in total. The first-order valence-electron chi connectivity index (χ1n) is 9.47. The van der Waals surface area contributed by atoms with Crippen molar-refractivity contribution in [3.05, 3.63) is 35.4 Å². The number of rotatable bonds is 4. The molecular formula is C20H26F3NO2. The molecule has 144 valence electrons. The number of benzene rings is 1. The molecule has 2 fully saturated rings. The Hall–Kier alpha value is -1.56. The average molecular weight is 369 g/mol. The van der Waals surface area contributed by atoms with E-state index in [1.54, 1.807) is 12.1 Å². The van der Waals surface area contributed by atoms with Gasteiger partial charge in [-0.05, 0) is 56.1 Å². The van der Waals surface area contributed by atoms with Crippen molar-refractivity contribution < 1.29 is 22.7 Å². The summed E-state index contributed by atoms with van der Waals surface area (Å²) in [6, 6.07) is 5.81. The van der Waals surface area contributed by atoms with E-state index in [4.69, 9.17) is 4.74 Å². The van der Waals surface area contributed by atoms with Gasteiger partial charge < -0.3 is 9.64 Å². The van der Waals surface area contributed by atoms with E-state index in [2.05, 4.69) is 0 Å². The van der Waals surface area contributed by atoms with Crippen LogP contribution >= 0.6 is 0 Å². The van der Waals surface area contributed by atoms with Crippen molar-refractivity contribution in [1.82, 2.24) is 4.90 Å². The third-order valence-corrected chi connectivity index (χ3v) is 5.55. The van der Waals surface area contributed by atoms with Crippen molar-refractivity contribution in [2.45, 2.75) is 44.7 Å². The van der Waals surface area contributed by atoms with Gasteiger partial charge in [0.1, 0.15) is 0 Å². The van der Waals surface area contributed by atoms with Crippen LogP contribution in [0.15, 0.2) is 24.3 Å². The van der Waals surface area contributed by atoms with Crippen molar-refractivity contribution in [2.24, 2.45) is 11.8 Å². The molecule has 6 heteroatoms. The number of amides is 1. The van der Waals surface area contributed by atoms with Gasteiger partial charge >= 0.3 is 6.18 Å². The quantitative estimate of drug-likeness (QED) is 0.792. The van der Waals surface area contributed by atoms with Gasteiger partial charge in [-0.3, -0.25) is 4.79 Å². The fourth-order valence-corrected chi connectivity index (χ4v) is 4.08. The minimum absolute atomic E-state index is 0.0495. The van der Waals surface area contributed by atoms with E-state index in [1.807, 2.05) is 4.90 Å². The molecule has 0 spiro atoms. The van der Waals surface area contributed by atoms with Crippen LogP contribution in [0.25, 0.3) is 0 Å². The van der Waals surface area contributed by atoms with E-state index in [9.17, 15) is 18.0 Å². The summed E-state index contributed by atoms with van der Waals surface area (Å²) in [5.74, 6) is 0.524. The van der Waals surface area contributed by atoms with Crippen LogP contribution in [0.2, 0.25) is 0 Å². The van der Waals surface area contributed by atoms with Gasteiger partial charge in [0.25, 0.3) is 0 Å². The maximum absolute atomic E-state index is 13.1. The summed E-state index contributed by atoms with van der Waals surface area (Å²) in [6.45, 7) is 2.72. The molecule has 1 atom stereocenters. The average Bonchev–Trinajstić information content (AvgIpc) is 2.66. The molecule has 0 saturated carbocycles. The second-order valence-electron chi connectivity index (χ2n) is 7.37. The van der Waals surface area contributed by atoms with Crippen LogP contribution in [-0.2, 0) is 22.1 Å². The number of halogens is 3. The number of piperidine rings is 1. The molecule has 3 rings (SSSR count). The third-order valence-electron chi connectivity index (χ3n) is 5.55. The number of likely N-dealkylation sites (tertiary alicyclic amines) is 1. The highest BCUT2D eigenvalue weighted by molar-refractivity contribution is 5.79. The first-order chi connectivity index (χ1) is 12.4. The van der Waals surface area contributed by atoms with Crippen molar-refractivity contribution in [3.8, 4) is 0 Å². The maximum Gasteiger partial charge on any atom is 0.416 e. The second-order valence-corrected chi connectivity index (χ2v) is 7.37. The zero-order valence-electron chi connectivity index (χ0n) is 14.9. The Morgan fingerprint density at radius 1 is 1.15 bits per heavy atom. The molecule has 0 bridgehead atoms. The van der Waals surface area contributed by atoms with E-state index in [-0.39, 0.29) is 17.7 Å². The minimum Gasteiger partial charge on any atom is -0.381 e. The Morgan fingerprint density at radius 2 is 1.88 bits per heavy atom. The van der Waals surface area contributed by atoms with Crippen LogP contribution < -0.4 is 0 Å². The standard InChI is InChI=1S/C20H26F3NO2/c21-20(22,23)18-6-2-1-5-16(18)8-7-15-4-3-11-24(14-15)19(25)17-9-12-26-13-10-17/h1-2,5-6,15,17H,3-4,7-14H2. The lowest BCUT2D eigenvalue weighted by molar-refractivity contribution is -0.140. The summed E-state index contributed by atoms with van der Waals surface area (Å²) in [4.78, 5) is 14.6. The lowest BCUT2D eigenvalue weighted by atomic mass is 9.89. The first kappa shape index (κ1) is 19.2. The summed E-state index contributed by atoms with van der Waals surface area (Å²) in [5, 5.41) is 0. The SMILES string of the molecule is O=C(C1CCOCC1)N1CCCC(CCc2ccccc2C(F)(F)F)C1. The lowest BCUT2D eigenvalue weighted by Gasteiger charge is -2.36. The van der Waals surface area contributed by atoms with Crippen LogP contribution in [-0.4, -0.2) is 37.1 Å². The van der Waals surface area contributed by atoms with Crippen LogP contribution in [0, 0.1) is 11.8 Å². The number of carbonyl (C=O) groups excluding carboxylic acids is 1. The van der Waals surface area contributed by atoms with Crippen molar-refractivity contribution in [3.63, 3.8) is 0 Å². The van der Waals surface area contributed by atoms with Gasteiger partial charge in [-0.25, -0.2) is 0 Å². The van der Waals surface area contributed by atoms with Gasteiger partial charge in [0.05, 0.1) is 5.56 Å². The molecule has 1 aromatic rings. The number of nitrogens with zero attached hydrogens (tertiary/aromatic N) is 1. The number of alkyl halides is 3. The first-order valence-corrected chi connectivity index (χ1v) is 9.47. The van der Waals surface area contributed by atoms with E-state index in [1.165, 1.54) is 6.07 Å². The van der Waals surface area contributed by atoms with Gasteiger partial charge in [0.15, 0.2) is 0 Å². The maximum atomic E-state index is 13.1. The highest BCUT2D eigenvalue weighted by Gasteiger charge is 2.33. The number of carbonyl (C=O) groups is 1. The predicted molar refractivity (Wildman–Crippen MR) is 92.6 cm³/mol. The topological polar surface area (TPSA) is 29.5 Å². The predicted octanol–water partition coefficient (Wildman–Crippen LogP) is 4.30. The number of hydrogen-bond acceptors (Lipinski definition) is 2. The van der Waals surface area contributed by atoms with Crippen molar-refractivity contribution in [1.29, 1.82) is 0 Å². The molecule has 26 heavy (non-hydrogen) atoms. The molecular weight excluding hydrogens is 343 g/mol. The second kappa shape index (κ2) is 8.42. The molecule has 2 aliphatic heterocycles. The Balaban J connectivity index is 1.57. The molecule has 2 heterocycles. The van der Waals surface area contributed by atoms with Gasteiger partial charge in [-0.1, -0.05) is 18.2 Å². The number of hydrogen-bond donors (Lipinski definition) is 0. The van der Waals surface area contributed by atoms with Crippen LogP contribution in [0.1, 0.15) is 43.2 Å². The van der Waals surface area contributed by atoms with Crippen LogP contribution in [0.5, 0.6) is 0 Å². The fourth-order valence-electron chi connectivity index (χ4n) is 4.08. The number of aryl methyl sites for hydroxylation is 1. The van der Waals surface area contributed by atoms with Crippen molar-refractivity contribution >= 4 is 5.91 Å². The molecule has 1 amide bonds. The molecule has 1 unspecified atom stereocenters. The molecule has 0 aromatic heterocycles. The third kappa shape index (κ3) is 4.78. The molecule has 2 aliphatic rings. The zero-order valence-corrected chi connectivity index (χ0v) is 14.9. The van der Waals surface area contributed by atoms with E-state index >= 15 is 0 Å². The summed E-state index contributed by atoms with van der Waals surface area (Å²) in [6.07, 6.45) is 0.239. The van der Waals surface area contributed by atoms with Gasteiger partial charge in [-0.15, -0.1) is 0 Å². The highest BCUT2D eigenvalue weighted by atomic mass is 19.4. The van der Waals surface area contributed by atoms with Gasteiger partial charge in [0.2, 0.25) is 5.91 Å². The minimum atomic E-state index is -4.31. The highest BCUT2D eigenvalue weighted by Crippen LogP contribution is 2.33. The van der Waals surface area contributed by atoms with E-state index in [0.29, 0.717) is 38.2 Å². The van der Waals surface area contributed by atoms with Gasteiger partial charge in [0, 0.05) is 32.2 Å². The fraction of sp³-hybridized carbons (Fsp3) is 0.650. The molecule has 0 aliphatic carbocycles. The zero-order chi connectivity index (χ0) is 18.6. The van der Waals surface area contributed by atoms with E-state index < -0.39 is 11.7 Å². The molecule has 0 radical (unpaired) electrons. The molecule has 3 nitrogen and oxygen atoms in total. The Kier molecular flexibility index (Phi) is 6.22. The van der Waals surface area contributed by atoms with Gasteiger partial charge in [-0.2, -0.15) is 13.2 Å². The smallest absolute Gasteiger partial charge is 0.381 e. The Labute approximate surface area is 152 Å². The van der Waals surface area contributed by atoms with E-state index in [0.717, 1.165) is 38.3 Å². The monoisotopic (exact) mass is 369 g/mol. The Bertz CT molecular complexity index is 611.